The molecule has 2 aliphatic heterocycles. The lowest BCUT2D eigenvalue weighted by atomic mass is 10.1. The van der Waals surface area contributed by atoms with E-state index in [9.17, 15) is 0 Å². The van der Waals surface area contributed by atoms with Crippen molar-refractivity contribution in [2.24, 2.45) is 0 Å². The molecule has 3 aliphatic rings. The molecule has 5 rings (SSSR count). The first kappa shape index (κ1) is 16.0. The van der Waals surface area contributed by atoms with E-state index in [1.54, 1.807) is 4.88 Å². The maximum atomic E-state index is 5.81. The Balaban J connectivity index is 1.37. The SMILES string of the molecule is Cc1nc(N2CCN(C[C@@H]3CCCO3)CC2)c2c3c(sc2n1)CCC3. The van der Waals surface area contributed by atoms with Gasteiger partial charge < -0.3 is 9.64 Å². The number of nitrogens with zero attached hydrogens (tertiary/aromatic N) is 4. The van der Waals surface area contributed by atoms with Crippen molar-refractivity contribution in [3.63, 3.8) is 0 Å². The topological polar surface area (TPSA) is 41.5 Å². The van der Waals surface area contributed by atoms with Crippen molar-refractivity contribution in [2.75, 3.05) is 44.2 Å². The van der Waals surface area contributed by atoms with Gasteiger partial charge in [-0.05, 0) is 44.6 Å². The predicted molar refractivity (Wildman–Crippen MR) is 102 cm³/mol. The smallest absolute Gasteiger partial charge is 0.141 e. The molecule has 2 saturated heterocycles. The lowest BCUT2D eigenvalue weighted by Crippen LogP contribution is -2.48. The maximum absolute atomic E-state index is 5.81. The molecule has 0 amide bonds. The van der Waals surface area contributed by atoms with Crippen LogP contribution in [0.3, 0.4) is 0 Å². The number of anilines is 1. The van der Waals surface area contributed by atoms with Crippen molar-refractivity contribution in [3.05, 3.63) is 16.3 Å². The van der Waals surface area contributed by atoms with Crippen LogP contribution in [0.1, 0.15) is 35.5 Å². The van der Waals surface area contributed by atoms with Crippen molar-refractivity contribution < 1.29 is 4.74 Å². The van der Waals surface area contributed by atoms with Crippen LogP contribution >= 0.6 is 11.3 Å². The summed E-state index contributed by atoms with van der Waals surface area (Å²) in [6, 6.07) is 0. The summed E-state index contributed by atoms with van der Waals surface area (Å²) in [6.45, 7) is 8.41. The molecule has 6 heteroatoms. The molecule has 134 valence electrons. The zero-order chi connectivity index (χ0) is 16.8. The van der Waals surface area contributed by atoms with Crippen LogP contribution in [0, 0.1) is 6.92 Å². The Morgan fingerprint density at radius 2 is 2.00 bits per heavy atom. The third-order valence-corrected chi connectivity index (χ3v) is 7.00. The summed E-state index contributed by atoms with van der Waals surface area (Å²) in [5.41, 5.74) is 1.54. The van der Waals surface area contributed by atoms with Crippen LogP contribution in [0.4, 0.5) is 5.82 Å². The van der Waals surface area contributed by atoms with Crippen molar-refractivity contribution >= 4 is 27.4 Å². The highest BCUT2D eigenvalue weighted by molar-refractivity contribution is 7.19. The van der Waals surface area contributed by atoms with Crippen LogP contribution in [0.2, 0.25) is 0 Å². The van der Waals surface area contributed by atoms with Gasteiger partial charge in [0.2, 0.25) is 0 Å². The second-order valence-corrected chi connectivity index (χ2v) is 8.64. The highest BCUT2D eigenvalue weighted by Crippen LogP contribution is 2.40. The molecule has 0 N–H and O–H groups in total. The van der Waals surface area contributed by atoms with E-state index in [1.165, 1.54) is 53.7 Å². The number of fused-ring (bicyclic) bond motifs is 3. The van der Waals surface area contributed by atoms with E-state index in [0.29, 0.717) is 6.10 Å². The third kappa shape index (κ3) is 2.94. The summed E-state index contributed by atoms with van der Waals surface area (Å²) in [5, 5.41) is 1.36. The fourth-order valence-electron chi connectivity index (χ4n) is 4.53. The molecular weight excluding hydrogens is 332 g/mol. The number of piperazine rings is 1. The van der Waals surface area contributed by atoms with Gasteiger partial charge in [0.25, 0.3) is 0 Å². The van der Waals surface area contributed by atoms with Crippen molar-refractivity contribution in [2.45, 2.75) is 45.1 Å². The molecule has 0 bridgehead atoms. The summed E-state index contributed by atoms with van der Waals surface area (Å²) < 4.78 is 5.81. The first-order valence-electron chi connectivity index (χ1n) is 9.66. The summed E-state index contributed by atoms with van der Waals surface area (Å²) in [4.78, 5) is 17.4. The Bertz CT molecular complexity index is 775. The van der Waals surface area contributed by atoms with Crippen LogP contribution < -0.4 is 4.90 Å². The summed E-state index contributed by atoms with van der Waals surface area (Å²) >= 11 is 1.90. The zero-order valence-electron chi connectivity index (χ0n) is 15.0. The van der Waals surface area contributed by atoms with E-state index in [1.807, 2.05) is 18.3 Å². The van der Waals surface area contributed by atoms with Crippen LogP contribution in [0.15, 0.2) is 0 Å². The number of hydrogen-bond acceptors (Lipinski definition) is 6. The highest BCUT2D eigenvalue weighted by Gasteiger charge is 2.27. The van der Waals surface area contributed by atoms with Gasteiger partial charge >= 0.3 is 0 Å². The van der Waals surface area contributed by atoms with Gasteiger partial charge in [-0.3, -0.25) is 4.90 Å². The average molecular weight is 359 g/mol. The molecule has 0 saturated carbocycles. The van der Waals surface area contributed by atoms with E-state index < -0.39 is 0 Å². The summed E-state index contributed by atoms with van der Waals surface area (Å²) in [7, 11) is 0. The standard InChI is InChI=1S/C19H26N4OS/c1-13-20-18(17-15-5-2-6-16(15)25-19(17)21-13)23-9-7-22(8-10-23)12-14-4-3-11-24-14/h14H,2-12H2,1H3/t14-/m0/s1. The molecule has 2 aromatic rings. The number of aryl methyl sites for hydroxylation is 3. The first-order chi connectivity index (χ1) is 12.3. The average Bonchev–Trinajstić information content (AvgIpc) is 3.32. The van der Waals surface area contributed by atoms with Crippen LogP contribution in [0.25, 0.3) is 10.2 Å². The number of aromatic nitrogens is 2. The first-order valence-corrected chi connectivity index (χ1v) is 10.5. The third-order valence-electron chi connectivity index (χ3n) is 5.82. The molecule has 0 spiro atoms. The van der Waals surface area contributed by atoms with Gasteiger partial charge in [0, 0.05) is 44.2 Å². The van der Waals surface area contributed by atoms with E-state index >= 15 is 0 Å². The molecule has 2 fully saturated rings. The monoisotopic (exact) mass is 358 g/mol. The lowest BCUT2D eigenvalue weighted by Gasteiger charge is -2.36. The molecular formula is C19H26N4OS. The normalized spacial score (nSPS) is 24.4. The van der Waals surface area contributed by atoms with Crippen molar-refractivity contribution in [1.29, 1.82) is 0 Å². The molecule has 4 heterocycles. The number of hydrogen-bond donors (Lipinski definition) is 0. The van der Waals surface area contributed by atoms with Gasteiger partial charge in [0.05, 0.1) is 11.5 Å². The van der Waals surface area contributed by atoms with E-state index in [2.05, 4.69) is 9.80 Å². The fraction of sp³-hybridized carbons (Fsp3) is 0.684. The highest BCUT2D eigenvalue weighted by atomic mass is 32.1. The minimum Gasteiger partial charge on any atom is -0.377 e. The Morgan fingerprint density at radius 1 is 1.12 bits per heavy atom. The fourth-order valence-corrected chi connectivity index (χ4v) is 5.83. The quantitative estimate of drug-likeness (QED) is 0.844. The minimum atomic E-state index is 0.458. The Hall–Kier alpha value is -1.24. The summed E-state index contributed by atoms with van der Waals surface area (Å²) in [5.74, 6) is 2.10. The van der Waals surface area contributed by atoms with E-state index in [4.69, 9.17) is 14.7 Å². The molecule has 0 aromatic carbocycles. The molecule has 25 heavy (non-hydrogen) atoms. The Morgan fingerprint density at radius 3 is 2.80 bits per heavy atom. The van der Waals surface area contributed by atoms with Crippen LogP contribution in [0.5, 0.6) is 0 Å². The minimum absolute atomic E-state index is 0.458. The number of rotatable bonds is 3. The molecule has 5 nitrogen and oxygen atoms in total. The second-order valence-electron chi connectivity index (χ2n) is 7.55. The number of thiophene rings is 1. The van der Waals surface area contributed by atoms with Crippen molar-refractivity contribution in [1.82, 2.24) is 14.9 Å². The zero-order valence-corrected chi connectivity index (χ0v) is 15.8. The lowest BCUT2D eigenvalue weighted by molar-refractivity contribution is 0.0712. The molecule has 2 aromatic heterocycles. The van der Waals surface area contributed by atoms with Gasteiger partial charge in [0.1, 0.15) is 16.5 Å². The van der Waals surface area contributed by atoms with Gasteiger partial charge in [-0.15, -0.1) is 11.3 Å². The van der Waals surface area contributed by atoms with E-state index in [-0.39, 0.29) is 0 Å². The number of ether oxygens (including phenoxy) is 1. The second kappa shape index (κ2) is 6.49. The van der Waals surface area contributed by atoms with Crippen LogP contribution in [-0.4, -0.2) is 60.3 Å². The van der Waals surface area contributed by atoms with Crippen molar-refractivity contribution in [3.8, 4) is 0 Å². The molecule has 1 aliphatic carbocycles. The molecule has 1 atom stereocenters. The van der Waals surface area contributed by atoms with Crippen LogP contribution in [-0.2, 0) is 17.6 Å². The van der Waals surface area contributed by atoms with Gasteiger partial charge in [-0.1, -0.05) is 0 Å². The van der Waals surface area contributed by atoms with Gasteiger partial charge in [-0.2, -0.15) is 0 Å². The Kier molecular flexibility index (Phi) is 4.14. The van der Waals surface area contributed by atoms with Gasteiger partial charge in [-0.25, -0.2) is 9.97 Å². The maximum Gasteiger partial charge on any atom is 0.141 e. The molecule has 0 radical (unpaired) electrons. The molecule has 0 unspecified atom stereocenters. The Labute approximate surface area is 153 Å². The largest absolute Gasteiger partial charge is 0.377 e. The predicted octanol–water partition coefficient (Wildman–Crippen LogP) is 2.79. The summed E-state index contributed by atoms with van der Waals surface area (Å²) in [6.07, 6.45) is 6.64. The van der Waals surface area contributed by atoms with Gasteiger partial charge in [0.15, 0.2) is 0 Å². The van der Waals surface area contributed by atoms with E-state index in [0.717, 1.165) is 45.2 Å².